The van der Waals surface area contributed by atoms with Crippen molar-refractivity contribution in [1.82, 2.24) is 19.7 Å². The molecule has 0 spiro atoms. The van der Waals surface area contributed by atoms with Crippen LogP contribution < -0.4 is 10.4 Å². The van der Waals surface area contributed by atoms with Gasteiger partial charge < -0.3 is 15.2 Å². The van der Waals surface area contributed by atoms with Crippen LogP contribution in [-0.4, -0.2) is 37.4 Å². The molecule has 1 amide bonds. The predicted octanol–water partition coefficient (Wildman–Crippen LogP) is 2.56. The van der Waals surface area contributed by atoms with Gasteiger partial charge in [-0.05, 0) is 43.4 Å². The van der Waals surface area contributed by atoms with Crippen LogP contribution in [0.15, 0.2) is 42.3 Å². The molecule has 0 aromatic carbocycles. The molecule has 8 nitrogen and oxygen atoms in total. The molecule has 1 aliphatic carbocycles. The Morgan fingerprint density at radius 2 is 2.16 bits per heavy atom. The molecule has 4 rings (SSSR count). The van der Waals surface area contributed by atoms with Crippen molar-refractivity contribution in [3.63, 3.8) is 0 Å². The second kappa shape index (κ2) is 9.44. The van der Waals surface area contributed by atoms with Gasteiger partial charge in [0, 0.05) is 34.9 Å². The first kappa shape index (κ1) is 21.3. The first-order chi connectivity index (χ1) is 15.1. The van der Waals surface area contributed by atoms with E-state index in [1.165, 1.54) is 23.1 Å². The average Bonchev–Trinajstić information content (AvgIpc) is 3.34. The number of pyridine rings is 1. The number of carbonyl (C=O) groups is 2. The third-order valence-electron chi connectivity index (χ3n) is 4.91. The van der Waals surface area contributed by atoms with E-state index in [0.29, 0.717) is 28.9 Å². The summed E-state index contributed by atoms with van der Waals surface area (Å²) in [6.45, 7) is 4.26. The molecule has 0 saturated heterocycles. The van der Waals surface area contributed by atoms with Gasteiger partial charge in [-0.3, -0.25) is 14.3 Å². The number of carbonyl (C=O) groups excluding carboxylic acids is 2. The topological polar surface area (TPSA) is 113 Å². The Hall–Kier alpha value is -2.98. The lowest BCUT2D eigenvalue weighted by Gasteiger charge is -2.13. The monoisotopic (exact) mass is 454 g/mol. The summed E-state index contributed by atoms with van der Waals surface area (Å²) >= 11 is 2.57. The number of fused-ring (bicyclic) bond motifs is 1. The van der Waals surface area contributed by atoms with E-state index < -0.39 is 5.97 Å². The van der Waals surface area contributed by atoms with E-state index in [1.54, 1.807) is 18.5 Å². The minimum absolute atomic E-state index is 0.0668. The molecule has 0 radical (unpaired) electrons. The number of thiophene rings is 1. The molecule has 0 saturated carbocycles. The minimum atomic E-state index is -1.24. The molecule has 1 N–H and O–H groups in total. The Bertz CT molecular complexity index is 1120. The van der Waals surface area contributed by atoms with E-state index in [2.05, 4.69) is 27.1 Å². The molecule has 0 unspecified atom stereocenters. The predicted molar refractivity (Wildman–Crippen MR) is 118 cm³/mol. The van der Waals surface area contributed by atoms with Crippen molar-refractivity contribution in [3.8, 4) is 11.4 Å². The van der Waals surface area contributed by atoms with Gasteiger partial charge in [-0.15, -0.1) is 28.1 Å². The lowest BCUT2D eigenvalue weighted by atomic mass is 9.95. The van der Waals surface area contributed by atoms with Gasteiger partial charge in [0.05, 0.1) is 11.7 Å². The van der Waals surface area contributed by atoms with Crippen molar-refractivity contribution in [3.05, 3.63) is 53.2 Å². The number of nitrogens with one attached hydrogen (secondary N) is 1. The van der Waals surface area contributed by atoms with Crippen LogP contribution in [0.1, 0.15) is 33.6 Å². The first-order valence-electron chi connectivity index (χ1n) is 9.81. The highest BCUT2D eigenvalue weighted by atomic mass is 32.2. The van der Waals surface area contributed by atoms with E-state index in [4.69, 9.17) is 0 Å². The highest BCUT2D eigenvalue weighted by molar-refractivity contribution is 7.99. The zero-order chi connectivity index (χ0) is 21.8. The number of nitrogens with zero attached hydrogens (tertiary/aromatic N) is 4. The first-order valence-corrected chi connectivity index (χ1v) is 11.6. The third-order valence-corrected chi connectivity index (χ3v) is 7.08. The molecule has 1 aliphatic rings. The molecule has 0 fully saturated rings. The fraction of sp³-hybridized carbons (Fsp3) is 0.286. The van der Waals surface area contributed by atoms with Crippen LogP contribution >= 0.6 is 23.1 Å². The molecule has 10 heteroatoms. The largest absolute Gasteiger partial charge is 0.545 e. The second-order valence-corrected chi connectivity index (χ2v) is 9.03. The lowest BCUT2D eigenvalue weighted by molar-refractivity contribution is -0.254. The zero-order valence-electron chi connectivity index (χ0n) is 16.7. The highest BCUT2D eigenvalue weighted by Crippen LogP contribution is 2.38. The maximum Gasteiger partial charge on any atom is 0.235 e. The highest BCUT2D eigenvalue weighted by Gasteiger charge is 2.23. The standard InChI is InChI=1S/C21H21N5O3S2/c1-2-10-26-18(13-6-5-9-22-11-13)24-25-21(26)30-12-16(27)23-19-17(20(28)29)14-7-3-4-8-15(14)31-19/h2,5-6,9,11H,1,3-4,7-8,10,12H2,(H,23,27)(H,28,29)/p-1. The number of aromatic carboxylic acids is 1. The fourth-order valence-corrected chi connectivity index (χ4v) is 5.60. The van der Waals surface area contributed by atoms with E-state index >= 15 is 0 Å². The number of carboxylic acid groups (broad SMARTS) is 1. The quantitative estimate of drug-likeness (QED) is 0.411. The summed E-state index contributed by atoms with van der Waals surface area (Å²) in [4.78, 5) is 29.4. The van der Waals surface area contributed by atoms with Gasteiger partial charge in [-0.25, -0.2) is 0 Å². The number of anilines is 1. The molecule has 160 valence electrons. The molecule has 3 heterocycles. The Kier molecular flexibility index (Phi) is 6.47. The summed E-state index contributed by atoms with van der Waals surface area (Å²) in [6, 6.07) is 3.70. The number of aromatic nitrogens is 4. The number of hydrogen-bond acceptors (Lipinski definition) is 8. The average molecular weight is 455 g/mol. The van der Waals surface area contributed by atoms with Crippen molar-refractivity contribution in [2.24, 2.45) is 0 Å². The van der Waals surface area contributed by atoms with Crippen molar-refractivity contribution in [1.29, 1.82) is 0 Å². The van der Waals surface area contributed by atoms with Crippen molar-refractivity contribution in [2.75, 3.05) is 11.1 Å². The molecular weight excluding hydrogens is 434 g/mol. The maximum atomic E-state index is 12.6. The molecule has 0 bridgehead atoms. The Morgan fingerprint density at radius 1 is 1.32 bits per heavy atom. The summed E-state index contributed by atoms with van der Waals surface area (Å²) in [5.41, 5.74) is 1.76. The second-order valence-electron chi connectivity index (χ2n) is 6.99. The van der Waals surface area contributed by atoms with E-state index in [-0.39, 0.29) is 17.2 Å². The number of allylic oxidation sites excluding steroid dienone is 1. The molecular formula is C21H20N5O3S2-. The number of amides is 1. The summed E-state index contributed by atoms with van der Waals surface area (Å²) in [6.07, 6.45) is 8.64. The van der Waals surface area contributed by atoms with Gasteiger partial charge in [0.15, 0.2) is 11.0 Å². The van der Waals surface area contributed by atoms with Crippen LogP contribution in [0.2, 0.25) is 0 Å². The number of rotatable bonds is 8. The van der Waals surface area contributed by atoms with Gasteiger partial charge in [0.25, 0.3) is 0 Å². The Morgan fingerprint density at radius 3 is 2.90 bits per heavy atom. The van der Waals surface area contributed by atoms with Crippen molar-refractivity contribution < 1.29 is 14.7 Å². The van der Waals surface area contributed by atoms with E-state index in [9.17, 15) is 14.7 Å². The van der Waals surface area contributed by atoms with E-state index in [1.807, 2.05) is 16.7 Å². The number of aryl methyl sites for hydroxylation is 1. The van der Waals surface area contributed by atoms with Gasteiger partial charge in [0.1, 0.15) is 5.00 Å². The molecule has 0 atom stereocenters. The van der Waals surface area contributed by atoms with Crippen LogP contribution in [0.3, 0.4) is 0 Å². The van der Waals surface area contributed by atoms with Crippen LogP contribution in [0.5, 0.6) is 0 Å². The smallest absolute Gasteiger partial charge is 0.235 e. The van der Waals surface area contributed by atoms with Gasteiger partial charge in [-0.1, -0.05) is 17.8 Å². The summed E-state index contributed by atoms with van der Waals surface area (Å²) in [5, 5.41) is 23.8. The molecule has 31 heavy (non-hydrogen) atoms. The third kappa shape index (κ3) is 4.54. The van der Waals surface area contributed by atoms with Gasteiger partial charge >= 0.3 is 0 Å². The minimum Gasteiger partial charge on any atom is -0.545 e. The van der Waals surface area contributed by atoms with Crippen LogP contribution in [0.4, 0.5) is 5.00 Å². The summed E-state index contributed by atoms with van der Waals surface area (Å²) in [7, 11) is 0. The molecule has 3 aromatic heterocycles. The number of hydrogen-bond donors (Lipinski definition) is 1. The van der Waals surface area contributed by atoms with Crippen molar-refractivity contribution in [2.45, 2.75) is 37.4 Å². The zero-order valence-corrected chi connectivity index (χ0v) is 18.3. The van der Waals surface area contributed by atoms with Gasteiger partial charge in [-0.2, -0.15) is 0 Å². The van der Waals surface area contributed by atoms with Crippen LogP contribution in [-0.2, 0) is 24.2 Å². The molecule has 3 aromatic rings. The maximum absolute atomic E-state index is 12.6. The summed E-state index contributed by atoms with van der Waals surface area (Å²) in [5.74, 6) is -0.838. The van der Waals surface area contributed by atoms with Gasteiger partial charge in [0.2, 0.25) is 5.91 Å². The fourth-order valence-electron chi connectivity index (χ4n) is 3.56. The SMILES string of the molecule is C=CCn1c(SCC(=O)Nc2sc3c(c2C(=O)[O-])CCCC3)nnc1-c1cccnc1. The van der Waals surface area contributed by atoms with Crippen molar-refractivity contribution >= 4 is 40.0 Å². The van der Waals surface area contributed by atoms with Crippen LogP contribution in [0, 0.1) is 0 Å². The summed E-state index contributed by atoms with van der Waals surface area (Å²) < 4.78 is 1.86. The van der Waals surface area contributed by atoms with Crippen LogP contribution in [0.25, 0.3) is 11.4 Å². The van der Waals surface area contributed by atoms with E-state index in [0.717, 1.165) is 35.3 Å². The lowest BCUT2D eigenvalue weighted by Crippen LogP contribution is -2.26. The Labute approximate surface area is 187 Å². The number of thioether (sulfide) groups is 1. The normalized spacial score (nSPS) is 12.9. The molecule has 0 aliphatic heterocycles. The Balaban J connectivity index is 1.49. The number of carboxylic acids is 1.